The Morgan fingerprint density at radius 1 is 0.840 bits per heavy atom. The minimum absolute atomic E-state index is 0.539. The largest absolute Gasteiger partial charge is 0.494 e. The molecular weight excluding hydrogens is 314 g/mol. The quantitative estimate of drug-likeness (QED) is 0.446. The van der Waals surface area contributed by atoms with Gasteiger partial charge >= 0.3 is 0 Å². The lowest BCUT2D eigenvalue weighted by atomic mass is 10.2. The van der Waals surface area contributed by atoms with Crippen molar-refractivity contribution < 1.29 is 14.2 Å². The van der Waals surface area contributed by atoms with E-state index in [0.29, 0.717) is 13.2 Å². The molecule has 0 saturated heterocycles. The third kappa shape index (κ3) is 7.40. The number of aliphatic imine (C=N–C) groups is 1. The maximum absolute atomic E-state index is 5.81. The second-order valence-corrected chi connectivity index (χ2v) is 5.52. The molecular formula is C21H27NO3. The van der Waals surface area contributed by atoms with Crippen LogP contribution in [-0.2, 0) is 11.3 Å². The fraction of sp³-hybridized carbons (Fsp3) is 0.381. The van der Waals surface area contributed by atoms with Crippen molar-refractivity contribution in [2.75, 3.05) is 26.4 Å². The Balaban J connectivity index is 1.75. The SMILES string of the molecule is CCOCCC/N=C/c1ccc(OCc2ccc(OCC)cc2)cc1. The molecule has 0 aromatic heterocycles. The summed E-state index contributed by atoms with van der Waals surface area (Å²) in [6.45, 7) is 7.52. The van der Waals surface area contributed by atoms with Gasteiger partial charge in [0.05, 0.1) is 6.61 Å². The molecule has 0 aliphatic rings. The first kappa shape index (κ1) is 19.0. The highest BCUT2D eigenvalue weighted by atomic mass is 16.5. The predicted octanol–water partition coefficient (Wildman–Crippen LogP) is 4.51. The van der Waals surface area contributed by atoms with Crippen molar-refractivity contribution in [2.45, 2.75) is 26.9 Å². The lowest BCUT2D eigenvalue weighted by Gasteiger charge is -2.08. The van der Waals surface area contributed by atoms with Crippen molar-refractivity contribution in [1.29, 1.82) is 0 Å². The summed E-state index contributed by atoms with van der Waals surface area (Å²) in [6.07, 6.45) is 2.84. The van der Waals surface area contributed by atoms with Gasteiger partial charge in [-0.15, -0.1) is 0 Å². The van der Waals surface area contributed by atoms with Gasteiger partial charge in [0.15, 0.2) is 0 Å². The summed E-state index contributed by atoms with van der Waals surface area (Å²) in [5.74, 6) is 1.73. The van der Waals surface area contributed by atoms with Crippen LogP contribution in [0.4, 0.5) is 0 Å². The van der Waals surface area contributed by atoms with Crippen molar-refractivity contribution in [3.8, 4) is 11.5 Å². The van der Waals surface area contributed by atoms with E-state index in [0.717, 1.165) is 48.8 Å². The Morgan fingerprint density at radius 2 is 1.52 bits per heavy atom. The van der Waals surface area contributed by atoms with Crippen LogP contribution in [0.25, 0.3) is 0 Å². The van der Waals surface area contributed by atoms with Crippen LogP contribution in [0.3, 0.4) is 0 Å². The summed E-state index contributed by atoms with van der Waals surface area (Å²) in [7, 11) is 0. The van der Waals surface area contributed by atoms with Crippen LogP contribution in [0.2, 0.25) is 0 Å². The lowest BCUT2D eigenvalue weighted by Crippen LogP contribution is -1.97. The van der Waals surface area contributed by atoms with Gasteiger partial charge in [0.1, 0.15) is 18.1 Å². The van der Waals surface area contributed by atoms with Crippen LogP contribution in [0, 0.1) is 0 Å². The monoisotopic (exact) mass is 341 g/mol. The zero-order valence-electron chi connectivity index (χ0n) is 15.1. The van der Waals surface area contributed by atoms with Crippen molar-refractivity contribution in [3.63, 3.8) is 0 Å². The van der Waals surface area contributed by atoms with Gasteiger partial charge in [-0.25, -0.2) is 0 Å². The van der Waals surface area contributed by atoms with E-state index >= 15 is 0 Å². The Bertz CT molecular complexity index is 621. The molecule has 0 saturated carbocycles. The van der Waals surface area contributed by atoms with Gasteiger partial charge in [0.2, 0.25) is 0 Å². The number of hydrogen-bond donors (Lipinski definition) is 0. The molecule has 0 bridgehead atoms. The van der Waals surface area contributed by atoms with Gasteiger partial charge in [-0.2, -0.15) is 0 Å². The number of nitrogens with zero attached hydrogens (tertiary/aromatic N) is 1. The van der Waals surface area contributed by atoms with Gasteiger partial charge in [0.25, 0.3) is 0 Å². The van der Waals surface area contributed by atoms with Crippen LogP contribution < -0.4 is 9.47 Å². The van der Waals surface area contributed by atoms with E-state index in [2.05, 4.69) is 4.99 Å². The summed E-state index contributed by atoms with van der Waals surface area (Å²) < 4.78 is 16.5. The first-order valence-corrected chi connectivity index (χ1v) is 8.84. The second-order valence-electron chi connectivity index (χ2n) is 5.52. The predicted molar refractivity (Wildman–Crippen MR) is 102 cm³/mol. The normalized spacial score (nSPS) is 11.0. The lowest BCUT2D eigenvalue weighted by molar-refractivity contribution is 0.146. The van der Waals surface area contributed by atoms with E-state index in [1.807, 2.05) is 68.6 Å². The van der Waals surface area contributed by atoms with Gasteiger partial charge in [-0.3, -0.25) is 4.99 Å². The highest BCUT2D eigenvalue weighted by Gasteiger charge is 1.98. The molecule has 0 aliphatic heterocycles. The molecule has 0 radical (unpaired) electrons. The first-order valence-electron chi connectivity index (χ1n) is 8.84. The molecule has 0 spiro atoms. The van der Waals surface area contributed by atoms with Crippen molar-refractivity contribution in [2.24, 2.45) is 4.99 Å². The van der Waals surface area contributed by atoms with E-state index in [-0.39, 0.29) is 0 Å². The third-order valence-corrected chi connectivity index (χ3v) is 3.54. The average Bonchev–Trinajstić information content (AvgIpc) is 2.65. The first-order chi connectivity index (χ1) is 12.3. The molecule has 4 heteroatoms. The third-order valence-electron chi connectivity index (χ3n) is 3.54. The Morgan fingerprint density at radius 3 is 2.20 bits per heavy atom. The number of hydrogen-bond acceptors (Lipinski definition) is 4. The van der Waals surface area contributed by atoms with Crippen LogP contribution in [0.15, 0.2) is 53.5 Å². The van der Waals surface area contributed by atoms with E-state index < -0.39 is 0 Å². The number of benzene rings is 2. The van der Waals surface area contributed by atoms with Gasteiger partial charge in [0, 0.05) is 26.0 Å². The maximum Gasteiger partial charge on any atom is 0.119 e. The molecule has 0 heterocycles. The minimum Gasteiger partial charge on any atom is -0.494 e. The summed E-state index contributed by atoms with van der Waals surface area (Å²) in [6, 6.07) is 15.9. The highest BCUT2D eigenvalue weighted by molar-refractivity contribution is 5.79. The topological polar surface area (TPSA) is 40.0 Å². The Labute approximate surface area is 150 Å². The minimum atomic E-state index is 0.539. The molecule has 0 N–H and O–H groups in total. The molecule has 2 aromatic carbocycles. The van der Waals surface area contributed by atoms with Crippen molar-refractivity contribution >= 4 is 6.21 Å². The molecule has 25 heavy (non-hydrogen) atoms. The van der Waals surface area contributed by atoms with Gasteiger partial charge in [-0.05, 0) is 67.8 Å². The fourth-order valence-electron chi connectivity index (χ4n) is 2.24. The average molecular weight is 341 g/mol. The zero-order valence-corrected chi connectivity index (χ0v) is 15.1. The molecule has 4 nitrogen and oxygen atoms in total. The van der Waals surface area contributed by atoms with Crippen LogP contribution in [0.1, 0.15) is 31.4 Å². The van der Waals surface area contributed by atoms with E-state index in [4.69, 9.17) is 14.2 Å². The van der Waals surface area contributed by atoms with Crippen molar-refractivity contribution in [3.05, 3.63) is 59.7 Å². The molecule has 2 rings (SSSR count). The van der Waals surface area contributed by atoms with E-state index in [9.17, 15) is 0 Å². The fourth-order valence-corrected chi connectivity index (χ4v) is 2.24. The van der Waals surface area contributed by atoms with Crippen molar-refractivity contribution in [1.82, 2.24) is 0 Å². The molecule has 0 aliphatic carbocycles. The summed E-state index contributed by atoms with van der Waals surface area (Å²) in [5, 5.41) is 0. The summed E-state index contributed by atoms with van der Waals surface area (Å²) in [4.78, 5) is 4.40. The van der Waals surface area contributed by atoms with Crippen LogP contribution in [-0.4, -0.2) is 32.6 Å². The molecule has 0 fully saturated rings. The number of rotatable bonds is 11. The summed E-state index contributed by atoms with van der Waals surface area (Å²) in [5.41, 5.74) is 2.19. The van der Waals surface area contributed by atoms with Gasteiger partial charge < -0.3 is 14.2 Å². The standard InChI is InChI=1S/C21H27NO3/c1-3-23-15-5-14-22-16-18-6-10-21(11-7-18)25-17-19-8-12-20(13-9-19)24-4-2/h6-13,16H,3-5,14-15,17H2,1-2H3/b22-16+. The second kappa shape index (κ2) is 11.3. The smallest absolute Gasteiger partial charge is 0.119 e. The molecule has 0 unspecified atom stereocenters. The van der Waals surface area contributed by atoms with Crippen LogP contribution >= 0.6 is 0 Å². The molecule has 2 aromatic rings. The van der Waals surface area contributed by atoms with E-state index in [1.54, 1.807) is 0 Å². The van der Waals surface area contributed by atoms with Gasteiger partial charge in [-0.1, -0.05) is 12.1 Å². The number of ether oxygens (including phenoxy) is 3. The Kier molecular flexibility index (Phi) is 8.56. The Hall–Kier alpha value is -2.33. The molecule has 134 valence electrons. The zero-order chi connectivity index (χ0) is 17.7. The van der Waals surface area contributed by atoms with E-state index in [1.165, 1.54) is 0 Å². The maximum atomic E-state index is 5.81. The molecule has 0 amide bonds. The molecule has 0 atom stereocenters. The highest BCUT2D eigenvalue weighted by Crippen LogP contribution is 2.16. The summed E-state index contributed by atoms with van der Waals surface area (Å²) >= 11 is 0. The van der Waals surface area contributed by atoms with Crippen LogP contribution in [0.5, 0.6) is 11.5 Å².